The molecule has 1 fully saturated rings. The summed E-state index contributed by atoms with van der Waals surface area (Å²) in [4.78, 5) is 9.72. The van der Waals surface area contributed by atoms with E-state index in [2.05, 4.69) is 0 Å². The van der Waals surface area contributed by atoms with Crippen LogP contribution in [0.25, 0.3) is 0 Å². The van der Waals surface area contributed by atoms with Gasteiger partial charge in [0.15, 0.2) is 24.0 Å². The van der Waals surface area contributed by atoms with Gasteiger partial charge in [-0.2, -0.15) is 0 Å². The van der Waals surface area contributed by atoms with Gasteiger partial charge in [0.25, 0.3) is 5.69 Å². The van der Waals surface area contributed by atoms with E-state index < -0.39 is 59.5 Å². The maximum Gasteiger partial charge on any atom is 0.272 e. The number of hydrogen-bond acceptors (Lipinski definition) is 8. The molecule has 1 aromatic rings. The van der Waals surface area contributed by atoms with Gasteiger partial charge in [0.1, 0.15) is 18.3 Å². The van der Waals surface area contributed by atoms with Crippen LogP contribution in [0.4, 0.5) is 10.1 Å². The zero-order valence-electron chi connectivity index (χ0n) is 11.1. The Morgan fingerprint density at radius 1 is 1.32 bits per heavy atom. The van der Waals surface area contributed by atoms with Crippen molar-refractivity contribution in [2.24, 2.45) is 0 Å². The van der Waals surface area contributed by atoms with Crippen LogP contribution in [-0.4, -0.2) is 62.7 Å². The Bertz CT molecular complexity index is 556. The van der Waals surface area contributed by atoms with Gasteiger partial charge < -0.3 is 29.9 Å². The Hall–Kier alpha value is -1.85. The summed E-state index contributed by atoms with van der Waals surface area (Å²) in [6.45, 7) is -0.645. The number of nitro groups is 1. The smallest absolute Gasteiger partial charge is 0.272 e. The molecule has 0 spiro atoms. The van der Waals surface area contributed by atoms with Crippen LogP contribution in [-0.2, 0) is 4.74 Å². The molecule has 0 amide bonds. The molecule has 4 N–H and O–H groups in total. The van der Waals surface area contributed by atoms with Crippen LogP contribution < -0.4 is 4.74 Å². The van der Waals surface area contributed by atoms with Crippen molar-refractivity contribution in [3.8, 4) is 5.75 Å². The van der Waals surface area contributed by atoms with E-state index in [9.17, 15) is 29.8 Å². The van der Waals surface area contributed by atoms with Gasteiger partial charge in [-0.15, -0.1) is 0 Å². The summed E-state index contributed by atoms with van der Waals surface area (Å²) in [5.74, 6) is -1.54. The lowest BCUT2D eigenvalue weighted by molar-refractivity contribution is -0.385. The van der Waals surface area contributed by atoms with E-state index in [4.69, 9.17) is 14.6 Å². The molecule has 10 heteroatoms. The molecule has 1 aliphatic heterocycles. The first-order valence-corrected chi connectivity index (χ1v) is 6.26. The van der Waals surface area contributed by atoms with E-state index >= 15 is 0 Å². The summed E-state index contributed by atoms with van der Waals surface area (Å²) in [5, 5.41) is 48.7. The first kappa shape index (κ1) is 16.5. The minimum absolute atomic E-state index is 0.466. The van der Waals surface area contributed by atoms with Crippen molar-refractivity contribution in [1.82, 2.24) is 0 Å². The number of aliphatic hydroxyl groups is 4. The zero-order chi connectivity index (χ0) is 16.4. The second kappa shape index (κ2) is 6.50. The Labute approximate surface area is 123 Å². The number of ether oxygens (including phenoxy) is 2. The van der Waals surface area contributed by atoms with Crippen molar-refractivity contribution in [3.05, 3.63) is 34.1 Å². The number of halogens is 1. The number of nitrogens with zero attached hydrogens (tertiary/aromatic N) is 1. The Morgan fingerprint density at radius 2 is 2.00 bits per heavy atom. The van der Waals surface area contributed by atoms with Crippen molar-refractivity contribution >= 4 is 5.69 Å². The third-order valence-electron chi connectivity index (χ3n) is 3.23. The summed E-state index contributed by atoms with van der Waals surface area (Å²) in [5.41, 5.74) is -0.494. The molecule has 2 rings (SSSR count). The molecule has 0 radical (unpaired) electrons. The molecule has 0 aromatic heterocycles. The molecule has 0 bridgehead atoms. The van der Waals surface area contributed by atoms with Gasteiger partial charge in [0.05, 0.1) is 17.6 Å². The van der Waals surface area contributed by atoms with Crippen LogP contribution in [0.2, 0.25) is 0 Å². The SMILES string of the molecule is O=[N+]([O-])c1ccc(O[C@@H]2[C@@H](O)[C@H](O)[C@@H](CO)O[C@H]2O)c(F)c1. The van der Waals surface area contributed by atoms with Gasteiger partial charge in [-0.25, -0.2) is 4.39 Å². The van der Waals surface area contributed by atoms with Crippen molar-refractivity contribution in [1.29, 1.82) is 0 Å². The summed E-state index contributed by atoms with van der Waals surface area (Å²) in [6, 6.07) is 2.55. The van der Waals surface area contributed by atoms with Crippen LogP contribution >= 0.6 is 0 Å². The minimum atomic E-state index is -1.73. The molecule has 1 aliphatic rings. The number of benzene rings is 1. The fraction of sp³-hybridized carbons (Fsp3) is 0.500. The molecule has 9 nitrogen and oxygen atoms in total. The highest BCUT2D eigenvalue weighted by molar-refractivity contribution is 5.37. The van der Waals surface area contributed by atoms with Crippen LogP contribution in [0, 0.1) is 15.9 Å². The number of aliphatic hydroxyl groups excluding tert-OH is 4. The average Bonchev–Trinajstić information content (AvgIpc) is 2.48. The van der Waals surface area contributed by atoms with E-state index in [0.29, 0.717) is 6.07 Å². The lowest BCUT2D eigenvalue weighted by Crippen LogP contribution is -2.60. The van der Waals surface area contributed by atoms with Gasteiger partial charge in [0, 0.05) is 6.07 Å². The van der Waals surface area contributed by atoms with Gasteiger partial charge >= 0.3 is 0 Å². The van der Waals surface area contributed by atoms with Crippen molar-refractivity contribution in [2.45, 2.75) is 30.7 Å². The molecule has 22 heavy (non-hydrogen) atoms. The van der Waals surface area contributed by atoms with Gasteiger partial charge in [0.2, 0.25) is 0 Å². The average molecular weight is 319 g/mol. The predicted octanol–water partition coefficient (Wildman–Crippen LogP) is -1.09. The fourth-order valence-electron chi connectivity index (χ4n) is 2.04. The van der Waals surface area contributed by atoms with Crippen LogP contribution in [0.3, 0.4) is 0 Å². The van der Waals surface area contributed by atoms with Crippen LogP contribution in [0.1, 0.15) is 0 Å². The van der Waals surface area contributed by atoms with Gasteiger partial charge in [-0.3, -0.25) is 10.1 Å². The Balaban J connectivity index is 2.17. The lowest BCUT2D eigenvalue weighted by Gasteiger charge is -2.39. The number of hydrogen-bond donors (Lipinski definition) is 4. The Morgan fingerprint density at radius 3 is 2.55 bits per heavy atom. The summed E-state index contributed by atoms with van der Waals surface area (Å²) in [7, 11) is 0. The third kappa shape index (κ3) is 3.15. The fourth-order valence-corrected chi connectivity index (χ4v) is 2.04. The highest BCUT2D eigenvalue weighted by Gasteiger charge is 2.45. The first-order chi connectivity index (χ1) is 10.3. The molecule has 1 saturated heterocycles. The monoisotopic (exact) mass is 319 g/mol. The normalized spacial score (nSPS) is 31.8. The minimum Gasteiger partial charge on any atom is -0.479 e. The van der Waals surface area contributed by atoms with E-state index in [0.717, 1.165) is 12.1 Å². The van der Waals surface area contributed by atoms with Gasteiger partial charge in [-0.1, -0.05) is 0 Å². The summed E-state index contributed by atoms with van der Waals surface area (Å²) < 4.78 is 23.6. The number of non-ortho nitro benzene ring substituents is 1. The van der Waals surface area contributed by atoms with E-state index in [1.165, 1.54) is 0 Å². The molecule has 1 heterocycles. The highest BCUT2D eigenvalue weighted by Crippen LogP contribution is 2.28. The van der Waals surface area contributed by atoms with E-state index in [1.54, 1.807) is 0 Å². The van der Waals surface area contributed by atoms with Crippen molar-refractivity contribution in [3.63, 3.8) is 0 Å². The molecular weight excluding hydrogens is 305 g/mol. The van der Waals surface area contributed by atoms with Crippen LogP contribution in [0.5, 0.6) is 5.75 Å². The molecule has 5 atom stereocenters. The first-order valence-electron chi connectivity index (χ1n) is 6.26. The Kier molecular flexibility index (Phi) is 4.88. The van der Waals surface area contributed by atoms with Gasteiger partial charge in [-0.05, 0) is 6.07 Å². The molecule has 0 unspecified atom stereocenters. The van der Waals surface area contributed by atoms with Crippen LogP contribution in [0.15, 0.2) is 18.2 Å². The molecular formula is C12H14FNO8. The van der Waals surface area contributed by atoms with E-state index in [1.807, 2.05) is 0 Å². The zero-order valence-corrected chi connectivity index (χ0v) is 11.1. The van der Waals surface area contributed by atoms with Crippen molar-refractivity contribution in [2.75, 3.05) is 6.61 Å². The second-order valence-corrected chi connectivity index (χ2v) is 4.68. The number of nitro benzene ring substituents is 1. The predicted molar refractivity (Wildman–Crippen MR) is 67.4 cm³/mol. The van der Waals surface area contributed by atoms with E-state index in [-0.39, 0.29) is 0 Å². The molecule has 0 aliphatic carbocycles. The molecule has 0 saturated carbocycles. The molecule has 122 valence electrons. The molecule has 1 aromatic carbocycles. The maximum atomic E-state index is 13.7. The maximum absolute atomic E-state index is 13.7. The standard InChI is InChI=1S/C12H14FNO8/c13-6-3-5(14(19)20)1-2-7(6)21-11-10(17)9(16)8(4-15)22-12(11)18/h1-3,8-12,15-18H,4H2/t8-,9-,10+,11-,12-/m1/s1. The lowest BCUT2D eigenvalue weighted by atomic mass is 9.99. The topological polar surface area (TPSA) is 143 Å². The quantitative estimate of drug-likeness (QED) is 0.405. The summed E-state index contributed by atoms with van der Waals surface area (Å²) in [6.07, 6.45) is -7.69. The summed E-state index contributed by atoms with van der Waals surface area (Å²) >= 11 is 0. The highest BCUT2D eigenvalue weighted by atomic mass is 19.1. The number of rotatable bonds is 4. The largest absolute Gasteiger partial charge is 0.479 e. The second-order valence-electron chi connectivity index (χ2n) is 4.68. The third-order valence-corrected chi connectivity index (χ3v) is 3.23. The van der Waals surface area contributed by atoms with Crippen molar-refractivity contribution < 1.29 is 39.2 Å².